The number of thiophene rings is 4. The van der Waals surface area contributed by atoms with E-state index in [1.54, 1.807) is 50.2 Å². The molecule has 0 bridgehead atoms. The summed E-state index contributed by atoms with van der Waals surface area (Å²) < 4.78 is 16.0. The lowest BCUT2D eigenvalue weighted by Crippen LogP contribution is -2.34. The number of rotatable bonds is 37. The average molecular weight is 1070 g/mol. The van der Waals surface area contributed by atoms with E-state index in [4.69, 9.17) is 19.7 Å². The van der Waals surface area contributed by atoms with Gasteiger partial charge in [-0.15, -0.1) is 55.5 Å². The fourth-order valence-corrected chi connectivity index (χ4v) is 14.7. The fraction of sp³-hybridized carbons (Fsp3) is 0.613. The van der Waals surface area contributed by atoms with Crippen molar-refractivity contribution >= 4 is 77.3 Å². The molecule has 1 aliphatic heterocycles. The van der Waals surface area contributed by atoms with Crippen LogP contribution < -0.4 is 9.47 Å². The Kier molecular flexibility index (Phi) is 23.6. The van der Waals surface area contributed by atoms with Gasteiger partial charge in [0.2, 0.25) is 0 Å². The molecule has 73 heavy (non-hydrogen) atoms. The Morgan fingerprint density at radius 2 is 0.877 bits per heavy atom. The lowest BCUT2D eigenvalue weighted by Gasteiger charge is -2.23. The number of aromatic nitrogens is 2. The zero-order chi connectivity index (χ0) is 51.4. The van der Waals surface area contributed by atoms with Crippen LogP contribution in [0.5, 0.6) is 11.5 Å². The normalized spacial score (nSPS) is 13.1. The van der Waals surface area contributed by atoms with E-state index in [0.29, 0.717) is 42.3 Å². The number of aryl methyl sites for hydroxylation is 2. The van der Waals surface area contributed by atoms with E-state index in [0.717, 1.165) is 94.6 Å². The van der Waals surface area contributed by atoms with Gasteiger partial charge < -0.3 is 9.47 Å². The summed E-state index contributed by atoms with van der Waals surface area (Å²) in [5, 5.41) is 11.9. The summed E-state index contributed by atoms with van der Waals surface area (Å²) in [4.78, 5) is 37.8. The van der Waals surface area contributed by atoms with Crippen molar-refractivity contribution in [3.05, 3.63) is 57.3 Å². The van der Waals surface area contributed by atoms with Gasteiger partial charge in [0, 0.05) is 36.8 Å². The number of benzene rings is 1. The van der Waals surface area contributed by atoms with E-state index in [9.17, 15) is 4.79 Å². The first-order valence-corrected chi connectivity index (χ1v) is 32.2. The van der Waals surface area contributed by atoms with Crippen LogP contribution >= 0.6 is 45.3 Å². The van der Waals surface area contributed by atoms with Gasteiger partial charge in [0.15, 0.2) is 0 Å². The molecular weight excluding hydrogens is 979 g/mol. The van der Waals surface area contributed by atoms with Gasteiger partial charge in [-0.1, -0.05) is 182 Å². The topological polar surface area (TPSA) is 81.6 Å². The van der Waals surface area contributed by atoms with Crippen molar-refractivity contribution < 1.29 is 19.1 Å². The van der Waals surface area contributed by atoms with Crippen LogP contribution in [0.2, 0.25) is 0 Å². The highest BCUT2D eigenvalue weighted by Crippen LogP contribution is 2.52. The molecule has 6 heterocycles. The fourth-order valence-electron chi connectivity index (χ4n) is 10.6. The maximum Gasteiger partial charge on any atom is 0.263 e. The number of hydrogen-bond acceptors (Lipinski definition) is 10. The third kappa shape index (κ3) is 15.5. The van der Waals surface area contributed by atoms with Crippen LogP contribution in [0.25, 0.3) is 51.1 Å². The number of hydrogen-bond donors (Lipinski definition) is 0. The molecule has 2 amide bonds. The number of carbonyl (C=O) groups excluding carboxylic acids is 2. The molecule has 11 heteroatoms. The van der Waals surface area contributed by atoms with Crippen LogP contribution in [0, 0.1) is 19.8 Å². The zero-order valence-corrected chi connectivity index (χ0v) is 48.8. The minimum atomic E-state index is -0.227. The molecule has 0 saturated carbocycles. The number of fused-ring (bicyclic) bond motifs is 3. The molecule has 1 atom stereocenters. The highest BCUT2D eigenvalue weighted by atomic mass is 32.1. The smallest absolute Gasteiger partial charge is 0.263 e. The van der Waals surface area contributed by atoms with Gasteiger partial charge in [-0.05, 0) is 81.8 Å². The lowest BCUT2D eigenvalue weighted by molar-refractivity contribution is 0.0622. The van der Waals surface area contributed by atoms with E-state index in [-0.39, 0.29) is 17.7 Å². The Balaban J connectivity index is 1.18. The molecule has 0 fully saturated rings. The molecule has 5 aromatic heterocycles. The first-order chi connectivity index (χ1) is 35.8. The predicted octanol–water partition coefficient (Wildman–Crippen LogP) is 20.6. The van der Waals surface area contributed by atoms with Crippen LogP contribution in [0.1, 0.15) is 238 Å². The molecular formula is C62H87N3O4S4. The Morgan fingerprint density at radius 3 is 1.37 bits per heavy atom. The molecule has 1 aromatic carbocycles. The summed E-state index contributed by atoms with van der Waals surface area (Å²) in [5.41, 5.74) is 1.84. The predicted molar refractivity (Wildman–Crippen MR) is 316 cm³/mol. The van der Waals surface area contributed by atoms with Gasteiger partial charge in [-0.2, -0.15) is 0 Å². The first kappa shape index (κ1) is 57.1. The quantitative estimate of drug-likeness (QED) is 0.0286. The second-order valence-corrected chi connectivity index (χ2v) is 25.7. The molecule has 1 unspecified atom stereocenters. The highest BCUT2D eigenvalue weighted by Gasteiger charge is 2.43. The molecule has 7 rings (SSSR count). The lowest BCUT2D eigenvalue weighted by atomic mass is 9.93. The maximum absolute atomic E-state index is 15.0. The molecule has 6 aromatic rings. The van der Waals surface area contributed by atoms with E-state index in [2.05, 4.69) is 71.9 Å². The average Bonchev–Trinajstić information content (AvgIpc) is 4.25. The van der Waals surface area contributed by atoms with Gasteiger partial charge in [0.1, 0.15) is 22.9 Å². The molecule has 398 valence electrons. The van der Waals surface area contributed by atoms with Gasteiger partial charge in [-0.25, -0.2) is 0 Å². The summed E-state index contributed by atoms with van der Waals surface area (Å²) in [6.45, 7) is 15.1. The first-order valence-electron chi connectivity index (χ1n) is 29.0. The molecule has 0 aliphatic carbocycles. The molecule has 7 nitrogen and oxygen atoms in total. The molecule has 0 spiro atoms. The second-order valence-electron chi connectivity index (χ2n) is 21.0. The third-order valence-electron chi connectivity index (χ3n) is 14.8. The van der Waals surface area contributed by atoms with Gasteiger partial charge >= 0.3 is 0 Å². The van der Waals surface area contributed by atoms with Crippen molar-refractivity contribution in [2.24, 2.45) is 5.92 Å². The van der Waals surface area contributed by atoms with Crippen molar-refractivity contribution in [1.29, 1.82) is 0 Å². The summed E-state index contributed by atoms with van der Waals surface area (Å²) in [6, 6.07) is 12.9. The number of carbonyl (C=O) groups is 2. The molecule has 0 radical (unpaired) electrons. The molecule has 1 aliphatic rings. The molecule has 0 N–H and O–H groups in total. The Hall–Kier alpha value is -3.64. The Labute approximate surface area is 455 Å². The zero-order valence-electron chi connectivity index (χ0n) is 45.6. The summed E-state index contributed by atoms with van der Waals surface area (Å²) in [7, 11) is 0. The highest BCUT2D eigenvalue weighted by molar-refractivity contribution is 7.27. The molecule has 0 saturated heterocycles. The number of ether oxygens (including phenoxy) is 2. The maximum atomic E-state index is 15.0. The van der Waals surface area contributed by atoms with Crippen LogP contribution in [0.15, 0.2) is 36.4 Å². The van der Waals surface area contributed by atoms with E-state index in [1.165, 1.54) is 146 Å². The number of unbranched alkanes of at least 4 members (excludes halogenated alkanes) is 22. The van der Waals surface area contributed by atoms with Crippen molar-refractivity contribution in [1.82, 2.24) is 15.1 Å². The third-order valence-corrected chi connectivity index (χ3v) is 19.3. The Morgan fingerprint density at radius 1 is 0.452 bits per heavy atom. The van der Waals surface area contributed by atoms with Crippen LogP contribution in [0.3, 0.4) is 0 Å². The van der Waals surface area contributed by atoms with E-state index in [1.807, 2.05) is 6.07 Å². The van der Waals surface area contributed by atoms with Gasteiger partial charge in [-0.3, -0.25) is 14.5 Å². The van der Waals surface area contributed by atoms with Crippen molar-refractivity contribution in [3.63, 3.8) is 0 Å². The SMILES string of the molecule is CCCCCCCCCCC(CCCCCCCC)CN1C(=O)c2c(-c3ccc(C)s3)nnc(-c3ccc(-c4cc5c(OCCCCCCCC)c6sc(C)cc6c(OCCCCCCCC)c5s4)s3)c2C1=O. The second kappa shape index (κ2) is 30.2. The van der Waals surface area contributed by atoms with E-state index < -0.39 is 0 Å². The van der Waals surface area contributed by atoms with Gasteiger partial charge in [0.05, 0.1) is 43.5 Å². The monoisotopic (exact) mass is 1070 g/mol. The number of imide groups is 1. The van der Waals surface area contributed by atoms with Crippen LogP contribution in [0.4, 0.5) is 0 Å². The van der Waals surface area contributed by atoms with Crippen LogP contribution in [-0.4, -0.2) is 46.7 Å². The largest absolute Gasteiger partial charge is 0.491 e. The van der Waals surface area contributed by atoms with Crippen molar-refractivity contribution in [3.8, 4) is 42.4 Å². The number of nitrogens with zero attached hydrogens (tertiary/aromatic N) is 3. The standard InChI is InChI=1S/C62H87N3O4S4/c1-7-11-15-19-23-24-26-30-34-46(33-29-25-20-16-12-8-2)43-65-61(66)53-54(62(65)67)56(64-63-55(53)50-36-35-44(5)70-50)51-38-37-49(72-51)52-42-48-58(69-40-32-28-22-18-14-10-4)59-47(41-45(6)71-59)57(60(48)73-52)68-39-31-27-21-17-13-9-3/h35-38,41-42,46H,7-34,39-40,43H2,1-6H3. The summed E-state index contributed by atoms with van der Waals surface area (Å²) >= 11 is 6.77. The summed E-state index contributed by atoms with van der Waals surface area (Å²) in [5.74, 6) is 1.75. The van der Waals surface area contributed by atoms with Crippen molar-refractivity contribution in [2.45, 2.75) is 221 Å². The van der Waals surface area contributed by atoms with Gasteiger partial charge in [0.25, 0.3) is 11.8 Å². The summed E-state index contributed by atoms with van der Waals surface area (Å²) in [6.07, 6.45) is 34.2. The van der Waals surface area contributed by atoms with E-state index >= 15 is 4.79 Å². The Bertz CT molecular complexity index is 2560. The number of amides is 2. The van der Waals surface area contributed by atoms with Crippen molar-refractivity contribution in [2.75, 3.05) is 19.8 Å². The van der Waals surface area contributed by atoms with Crippen LogP contribution in [-0.2, 0) is 0 Å². The minimum absolute atomic E-state index is 0.223. The minimum Gasteiger partial charge on any atom is -0.491 e.